The Hall–Kier alpha value is -2.62. The molecule has 3 rings (SSSR count). The smallest absolute Gasteiger partial charge is 0.240 e. The fraction of sp³-hybridized carbons (Fsp3) is 0.364. The van der Waals surface area contributed by atoms with E-state index >= 15 is 0 Å². The van der Waals surface area contributed by atoms with E-state index in [0.29, 0.717) is 18.3 Å². The lowest BCUT2D eigenvalue weighted by molar-refractivity contribution is 0.310. The zero-order valence-corrected chi connectivity index (χ0v) is 17.8. The van der Waals surface area contributed by atoms with Crippen molar-refractivity contribution >= 4 is 17.2 Å². The van der Waals surface area contributed by atoms with Crippen LogP contribution in [-0.2, 0) is 5.41 Å². The SMILES string of the molecule is CN(C)[C@H](CNc1oc(-c2cccs2)nc1C#N)c1ccc(C(C)(C)C)cc1. The first kappa shape index (κ1) is 20.1. The Bertz CT molecular complexity index is 944. The standard InChI is InChI=1S/C22H26N4OS/c1-22(2,3)16-10-8-15(9-11-16)18(26(4)5)14-24-20-17(13-23)25-21(27-20)19-7-6-12-28-19/h6-12,18,24H,14H2,1-5H3/t18-/m1/s1. The van der Waals surface area contributed by atoms with Crippen LogP contribution in [0.1, 0.15) is 43.6 Å². The highest BCUT2D eigenvalue weighted by molar-refractivity contribution is 7.13. The zero-order valence-electron chi connectivity index (χ0n) is 17.0. The number of oxazole rings is 1. The molecule has 0 amide bonds. The summed E-state index contributed by atoms with van der Waals surface area (Å²) in [6.07, 6.45) is 0. The Labute approximate surface area is 170 Å². The molecule has 0 aliphatic carbocycles. The number of thiophene rings is 1. The number of likely N-dealkylation sites (N-methyl/N-ethyl adjacent to an activating group) is 1. The largest absolute Gasteiger partial charge is 0.418 e. The van der Waals surface area contributed by atoms with E-state index < -0.39 is 0 Å². The van der Waals surface area contributed by atoms with Crippen molar-refractivity contribution in [3.05, 3.63) is 58.6 Å². The predicted molar refractivity (Wildman–Crippen MR) is 115 cm³/mol. The maximum atomic E-state index is 9.41. The number of nitriles is 1. The second-order valence-electron chi connectivity index (χ2n) is 8.02. The minimum absolute atomic E-state index is 0.129. The van der Waals surface area contributed by atoms with E-state index in [-0.39, 0.29) is 17.2 Å². The number of benzene rings is 1. The van der Waals surface area contributed by atoms with Crippen LogP contribution in [0.5, 0.6) is 0 Å². The van der Waals surface area contributed by atoms with Crippen LogP contribution in [0.15, 0.2) is 46.2 Å². The number of anilines is 1. The van der Waals surface area contributed by atoms with E-state index in [0.717, 1.165) is 4.88 Å². The van der Waals surface area contributed by atoms with Gasteiger partial charge in [-0.05, 0) is 42.1 Å². The third-order valence-corrected chi connectivity index (χ3v) is 5.56. The summed E-state index contributed by atoms with van der Waals surface area (Å²) in [5, 5.41) is 14.7. The Balaban J connectivity index is 1.78. The van der Waals surface area contributed by atoms with Gasteiger partial charge in [0.1, 0.15) is 6.07 Å². The van der Waals surface area contributed by atoms with Gasteiger partial charge < -0.3 is 14.6 Å². The molecular weight excluding hydrogens is 368 g/mol. The minimum atomic E-state index is 0.129. The van der Waals surface area contributed by atoms with Gasteiger partial charge >= 0.3 is 0 Å². The third-order valence-electron chi connectivity index (χ3n) is 4.71. The van der Waals surface area contributed by atoms with Crippen LogP contribution < -0.4 is 5.32 Å². The van der Waals surface area contributed by atoms with E-state index in [1.165, 1.54) is 22.5 Å². The van der Waals surface area contributed by atoms with Gasteiger partial charge in [0.25, 0.3) is 0 Å². The molecule has 0 fully saturated rings. The molecule has 0 bridgehead atoms. The molecule has 1 aromatic carbocycles. The van der Waals surface area contributed by atoms with Crippen molar-refractivity contribution in [3.8, 4) is 16.8 Å². The second-order valence-corrected chi connectivity index (χ2v) is 8.97. The van der Waals surface area contributed by atoms with Gasteiger partial charge in [-0.2, -0.15) is 10.2 Å². The molecule has 0 saturated carbocycles. The molecule has 2 aromatic heterocycles. The van der Waals surface area contributed by atoms with Crippen molar-refractivity contribution in [1.82, 2.24) is 9.88 Å². The third kappa shape index (κ3) is 4.44. The molecule has 146 valence electrons. The predicted octanol–water partition coefficient (Wildman–Crippen LogP) is 5.29. The maximum Gasteiger partial charge on any atom is 0.240 e. The molecule has 3 aromatic rings. The van der Waals surface area contributed by atoms with Crippen LogP contribution in [0, 0.1) is 11.3 Å². The summed E-state index contributed by atoms with van der Waals surface area (Å²) in [5.74, 6) is 0.897. The first-order chi connectivity index (χ1) is 13.3. The summed E-state index contributed by atoms with van der Waals surface area (Å²) in [6.45, 7) is 7.25. The fourth-order valence-electron chi connectivity index (χ4n) is 3.01. The molecule has 0 unspecified atom stereocenters. The van der Waals surface area contributed by atoms with Gasteiger partial charge in [-0.15, -0.1) is 11.3 Å². The quantitative estimate of drug-likeness (QED) is 0.615. The molecule has 0 radical (unpaired) electrons. The van der Waals surface area contributed by atoms with Crippen molar-refractivity contribution in [2.75, 3.05) is 26.0 Å². The molecule has 0 saturated heterocycles. The van der Waals surface area contributed by atoms with Gasteiger partial charge in [-0.25, -0.2) is 0 Å². The molecule has 0 spiro atoms. The van der Waals surface area contributed by atoms with Crippen LogP contribution in [0.4, 0.5) is 5.88 Å². The van der Waals surface area contributed by atoms with Gasteiger partial charge in [-0.1, -0.05) is 51.1 Å². The van der Waals surface area contributed by atoms with E-state index in [4.69, 9.17) is 4.42 Å². The van der Waals surface area contributed by atoms with E-state index in [1.807, 2.05) is 31.6 Å². The second kappa shape index (κ2) is 8.17. The highest BCUT2D eigenvalue weighted by Gasteiger charge is 2.20. The molecule has 28 heavy (non-hydrogen) atoms. The zero-order chi connectivity index (χ0) is 20.3. The first-order valence-corrected chi connectivity index (χ1v) is 10.1. The van der Waals surface area contributed by atoms with Gasteiger partial charge in [0.2, 0.25) is 17.5 Å². The molecule has 2 heterocycles. The van der Waals surface area contributed by atoms with Crippen molar-refractivity contribution in [1.29, 1.82) is 5.26 Å². The summed E-state index contributed by atoms with van der Waals surface area (Å²) in [5.41, 5.74) is 2.93. The van der Waals surface area contributed by atoms with Crippen molar-refractivity contribution in [3.63, 3.8) is 0 Å². The summed E-state index contributed by atoms with van der Waals surface area (Å²) in [6, 6.07) is 14.9. The highest BCUT2D eigenvalue weighted by Crippen LogP contribution is 2.30. The van der Waals surface area contributed by atoms with E-state index in [9.17, 15) is 5.26 Å². The Morgan fingerprint density at radius 1 is 1.21 bits per heavy atom. The topological polar surface area (TPSA) is 65.1 Å². The van der Waals surface area contributed by atoms with Crippen LogP contribution in [0.2, 0.25) is 0 Å². The Morgan fingerprint density at radius 3 is 2.46 bits per heavy atom. The van der Waals surface area contributed by atoms with Crippen LogP contribution in [-0.4, -0.2) is 30.5 Å². The van der Waals surface area contributed by atoms with E-state index in [1.54, 1.807) is 0 Å². The number of hydrogen-bond acceptors (Lipinski definition) is 6. The summed E-state index contributed by atoms with van der Waals surface area (Å²) < 4.78 is 5.83. The highest BCUT2D eigenvalue weighted by atomic mass is 32.1. The average Bonchev–Trinajstić information content (AvgIpc) is 3.30. The number of rotatable bonds is 6. The first-order valence-electron chi connectivity index (χ1n) is 9.25. The minimum Gasteiger partial charge on any atom is -0.418 e. The van der Waals surface area contributed by atoms with Crippen molar-refractivity contribution in [2.24, 2.45) is 0 Å². The number of hydrogen-bond donors (Lipinski definition) is 1. The molecule has 0 aliphatic heterocycles. The summed E-state index contributed by atoms with van der Waals surface area (Å²) >= 11 is 1.54. The van der Waals surface area contributed by atoms with Gasteiger partial charge in [0, 0.05) is 6.54 Å². The van der Waals surface area contributed by atoms with Crippen LogP contribution >= 0.6 is 11.3 Å². The lowest BCUT2D eigenvalue weighted by atomic mass is 9.86. The molecular formula is C22H26N4OS. The van der Waals surface area contributed by atoms with Gasteiger partial charge in [0.15, 0.2) is 0 Å². The number of nitrogens with one attached hydrogen (secondary N) is 1. The van der Waals surface area contributed by atoms with Gasteiger partial charge in [0.05, 0.1) is 10.9 Å². The van der Waals surface area contributed by atoms with Gasteiger partial charge in [-0.3, -0.25) is 0 Å². The molecule has 5 nitrogen and oxygen atoms in total. The fourth-order valence-corrected chi connectivity index (χ4v) is 3.66. The van der Waals surface area contributed by atoms with Crippen molar-refractivity contribution < 1.29 is 4.42 Å². The maximum absolute atomic E-state index is 9.41. The number of aromatic nitrogens is 1. The van der Waals surface area contributed by atoms with E-state index in [2.05, 4.69) is 66.3 Å². The average molecular weight is 395 g/mol. The summed E-state index contributed by atoms with van der Waals surface area (Å²) in [4.78, 5) is 7.38. The molecule has 6 heteroatoms. The normalized spacial score (nSPS) is 12.8. The Morgan fingerprint density at radius 2 is 1.93 bits per heavy atom. The monoisotopic (exact) mass is 394 g/mol. The lowest BCUT2D eigenvalue weighted by Crippen LogP contribution is -2.27. The lowest BCUT2D eigenvalue weighted by Gasteiger charge is -2.26. The molecule has 1 atom stereocenters. The molecule has 1 N–H and O–H groups in total. The van der Waals surface area contributed by atoms with Crippen molar-refractivity contribution in [2.45, 2.75) is 32.2 Å². The van der Waals surface area contributed by atoms with Crippen LogP contribution in [0.25, 0.3) is 10.8 Å². The number of nitrogens with zero attached hydrogens (tertiary/aromatic N) is 3. The molecule has 0 aliphatic rings. The Kier molecular flexibility index (Phi) is 5.87. The summed E-state index contributed by atoms with van der Waals surface area (Å²) in [7, 11) is 4.10. The van der Waals surface area contributed by atoms with Crippen LogP contribution in [0.3, 0.4) is 0 Å².